The van der Waals surface area contributed by atoms with Crippen LogP contribution in [-0.4, -0.2) is 60.6 Å². The fourth-order valence-electron chi connectivity index (χ4n) is 1.84. The van der Waals surface area contributed by atoms with Crippen LogP contribution in [0.5, 0.6) is 0 Å². The van der Waals surface area contributed by atoms with Crippen LogP contribution < -0.4 is 0 Å². The molecule has 0 radical (unpaired) electrons. The number of ether oxygens (including phenoxy) is 2. The summed E-state index contributed by atoms with van der Waals surface area (Å²) in [7, 11) is 1.54. The molecule has 0 bridgehead atoms. The summed E-state index contributed by atoms with van der Waals surface area (Å²) >= 11 is 0. The van der Waals surface area contributed by atoms with Gasteiger partial charge in [0.1, 0.15) is 6.61 Å². The molecule has 100 valence electrons. The molecule has 7 heteroatoms. The van der Waals surface area contributed by atoms with Crippen molar-refractivity contribution in [1.82, 2.24) is 10.1 Å². The van der Waals surface area contributed by atoms with Gasteiger partial charge >= 0.3 is 0 Å². The summed E-state index contributed by atoms with van der Waals surface area (Å²) in [4.78, 5) is 13.7. The summed E-state index contributed by atoms with van der Waals surface area (Å²) in [6.07, 6.45) is 0. The van der Waals surface area contributed by atoms with Gasteiger partial charge in [-0.2, -0.15) is 0 Å². The van der Waals surface area contributed by atoms with E-state index in [4.69, 9.17) is 14.0 Å². The molecular weight excluding hydrogens is 240 g/mol. The van der Waals surface area contributed by atoms with Crippen molar-refractivity contribution in [1.29, 1.82) is 0 Å². The summed E-state index contributed by atoms with van der Waals surface area (Å²) in [6.45, 7) is 1.38. The Morgan fingerprint density at radius 2 is 2.56 bits per heavy atom. The highest BCUT2D eigenvalue weighted by molar-refractivity contribution is 5.92. The Morgan fingerprint density at radius 1 is 1.72 bits per heavy atom. The Labute approximate surface area is 104 Å². The fraction of sp³-hybridized carbons (Fsp3) is 0.636. The molecular formula is C11H16N2O5. The predicted molar refractivity (Wildman–Crippen MR) is 59.9 cm³/mol. The SMILES string of the molecule is COCc1cc(C(=O)N2CCOCC2CO)no1. The molecule has 1 unspecified atom stereocenters. The number of hydrogen-bond donors (Lipinski definition) is 1. The van der Waals surface area contributed by atoms with Crippen molar-refractivity contribution in [3.05, 3.63) is 17.5 Å². The fourth-order valence-corrected chi connectivity index (χ4v) is 1.84. The molecule has 1 N–H and O–H groups in total. The number of carbonyl (C=O) groups is 1. The maximum atomic E-state index is 12.2. The minimum atomic E-state index is -0.325. The second kappa shape index (κ2) is 5.94. The van der Waals surface area contributed by atoms with E-state index in [-0.39, 0.29) is 30.9 Å². The van der Waals surface area contributed by atoms with Gasteiger partial charge in [0.15, 0.2) is 11.5 Å². The van der Waals surface area contributed by atoms with Gasteiger partial charge in [0.25, 0.3) is 5.91 Å². The Hall–Kier alpha value is -1.44. The van der Waals surface area contributed by atoms with E-state index in [1.807, 2.05) is 0 Å². The van der Waals surface area contributed by atoms with Gasteiger partial charge in [0, 0.05) is 19.7 Å². The molecule has 2 heterocycles. The normalized spacial score (nSPS) is 20.1. The number of nitrogens with zero attached hydrogens (tertiary/aromatic N) is 2. The van der Waals surface area contributed by atoms with E-state index < -0.39 is 0 Å². The zero-order chi connectivity index (χ0) is 13.0. The number of hydrogen-bond acceptors (Lipinski definition) is 6. The van der Waals surface area contributed by atoms with E-state index >= 15 is 0 Å². The molecule has 1 aromatic rings. The molecule has 1 aromatic heterocycles. The average Bonchev–Trinajstić information content (AvgIpc) is 2.87. The summed E-state index contributed by atoms with van der Waals surface area (Å²) < 4.78 is 15.1. The first-order chi connectivity index (χ1) is 8.76. The van der Waals surface area contributed by atoms with Crippen LogP contribution in [0.3, 0.4) is 0 Å². The average molecular weight is 256 g/mol. The molecule has 18 heavy (non-hydrogen) atoms. The van der Waals surface area contributed by atoms with Crippen molar-refractivity contribution in [3.8, 4) is 0 Å². The molecule has 1 aliphatic rings. The van der Waals surface area contributed by atoms with Crippen LogP contribution in [0.2, 0.25) is 0 Å². The van der Waals surface area contributed by atoms with Gasteiger partial charge in [0.05, 0.1) is 25.9 Å². The Kier molecular flexibility index (Phi) is 4.29. The Balaban J connectivity index is 2.08. The van der Waals surface area contributed by atoms with E-state index in [1.54, 1.807) is 11.0 Å². The summed E-state index contributed by atoms with van der Waals surface area (Å²) in [5.41, 5.74) is 0.224. The molecule has 0 spiro atoms. The predicted octanol–water partition coefficient (Wildman–Crippen LogP) is -0.346. The Morgan fingerprint density at radius 3 is 3.28 bits per heavy atom. The lowest BCUT2D eigenvalue weighted by Crippen LogP contribution is -2.50. The lowest BCUT2D eigenvalue weighted by Gasteiger charge is -2.33. The van der Waals surface area contributed by atoms with Crippen molar-refractivity contribution in [2.75, 3.05) is 33.5 Å². The standard InChI is InChI=1S/C11H16N2O5/c1-16-7-9-4-10(12-18-9)11(15)13-2-3-17-6-8(13)5-14/h4,8,14H,2-3,5-7H2,1H3. The van der Waals surface area contributed by atoms with Crippen molar-refractivity contribution >= 4 is 5.91 Å². The van der Waals surface area contributed by atoms with Gasteiger partial charge in [-0.05, 0) is 0 Å². The minimum Gasteiger partial charge on any atom is -0.394 e. The molecule has 0 aliphatic carbocycles. The highest BCUT2D eigenvalue weighted by Crippen LogP contribution is 2.13. The molecule has 1 amide bonds. The molecule has 1 saturated heterocycles. The maximum Gasteiger partial charge on any atom is 0.276 e. The maximum absolute atomic E-state index is 12.2. The van der Waals surface area contributed by atoms with Crippen molar-refractivity contribution in [2.24, 2.45) is 0 Å². The third kappa shape index (κ3) is 2.69. The van der Waals surface area contributed by atoms with Gasteiger partial charge < -0.3 is 24.0 Å². The van der Waals surface area contributed by atoms with Gasteiger partial charge in [-0.3, -0.25) is 4.79 Å². The topological polar surface area (TPSA) is 85.0 Å². The highest BCUT2D eigenvalue weighted by atomic mass is 16.5. The molecule has 0 aromatic carbocycles. The summed E-state index contributed by atoms with van der Waals surface area (Å²) in [5.74, 6) is 0.234. The number of aliphatic hydroxyl groups is 1. The smallest absolute Gasteiger partial charge is 0.276 e. The number of methoxy groups -OCH3 is 1. The van der Waals surface area contributed by atoms with Crippen LogP contribution in [-0.2, 0) is 16.1 Å². The largest absolute Gasteiger partial charge is 0.394 e. The molecule has 1 atom stereocenters. The van der Waals surface area contributed by atoms with Crippen molar-refractivity contribution in [2.45, 2.75) is 12.6 Å². The number of carbonyl (C=O) groups excluding carboxylic acids is 1. The van der Waals surface area contributed by atoms with Gasteiger partial charge in [-0.1, -0.05) is 5.16 Å². The first kappa shape index (κ1) is 13.0. The van der Waals surface area contributed by atoms with E-state index in [1.165, 1.54) is 7.11 Å². The van der Waals surface area contributed by atoms with Crippen LogP contribution in [0.4, 0.5) is 0 Å². The second-order valence-electron chi connectivity index (χ2n) is 4.02. The number of rotatable bonds is 4. The third-order valence-corrected chi connectivity index (χ3v) is 2.76. The zero-order valence-electron chi connectivity index (χ0n) is 10.2. The van der Waals surface area contributed by atoms with Crippen LogP contribution in [0.25, 0.3) is 0 Å². The van der Waals surface area contributed by atoms with Crippen molar-refractivity contribution < 1.29 is 23.9 Å². The quantitative estimate of drug-likeness (QED) is 0.793. The molecule has 7 nitrogen and oxygen atoms in total. The molecule has 1 fully saturated rings. The lowest BCUT2D eigenvalue weighted by atomic mass is 10.2. The van der Waals surface area contributed by atoms with Crippen molar-refractivity contribution in [3.63, 3.8) is 0 Å². The van der Waals surface area contributed by atoms with E-state index in [2.05, 4.69) is 5.16 Å². The second-order valence-corrected chi connectivity index (χ2v) is 4.02. The van der Waals surface area contributed by atoms with Crippen LogP contribution in [0, 0.1) is 0 Å². The number of aliphatic hydroxyl groups excluding tert-OH is 1. The molecule has 1 aliphatic heterocycles. The lowest BCUT2D eigenvalue weighted by molar-refractivity contribution is -0.0188. The van der Waals surface area contributed by atoms with Gasteiger partial charge in [-0.25, -0.2) is 0 Å². The van der Waals surface area contributed by atoms with E-state index in [0.717, 1.165) is 0 Å². The monoisotopic (exact) mass is 256 g/mol. The number of aromatic nitrogens is 1. The van der Waals surface area contributed by atoms with Gasteiger partial charge in [0.2, 0.25) is 0 Å². The van der Waals surface area contributed by atoms with Gasteiger partial charge in [-0.15, -0.1) is 0 Å². The minimum absolute atomic E-state index is 0.130. The first-order valence-corrected chi connectivity index (χ1v) is 5.70. The third-order valence-electron chi connectivity index (χ3n) is 2.76. The number of morpholine rings is 1. The zero-order valence-corrected chi connectivity index (χ0v) is 10.2. The molecule has 2 rings (SSSR count). The summed E-state index contributed by atoms with van der Waals surface area (Å²) in [5, 5.41) is 12.9. The van der Waals surface area contributed by atoms with Crippen LogP contribution >= 0.6 is 0 Å². The number of amides is 1. The van der Waals surface area contributed by atoms with Crippen LogP contribution in [0.15, 0.2) is 10.6 Å². The van der Waals surface area contributed by atoms with E-state index in [9.17, 15) is 9.90 Å². The Bertz CT molecular complexity index is 406. The van der Waals surface area contributed by atoms with E-state index in [0.29, 0.717) is 25.5 Å². The first-order valence-electron chi connectivity index (χ1n) is 5.70. The highest BCUT2D eigenvalue weighted by Gasteiger charge is 2.29. The molecule has 0 saturated carbocycles. The van der Waals surface area contributed by atoms with Crippen LogP contribution in [0.1, 0.15) is 16.2 Å². The summed E-state index contributed by atoms with van der Waals surface area (Å²) in [6, 6.07) is 1.23.